The smallest absolute Gasteiger partial charge is 0.118 e. The minimum absolute atomic E-state index is 0.0741. The summed E-state index contributed by atoms with van der Waals surface area (Å²) in [6.45, 7) is 3.33. The van der Waals surface area contributed by atoms with E-state index in [0.717, 1.165) is 37.6 Å². The van der Waals surface area contributed by atoms with Gasteiger partial charge in [0.15, 0.2) is 0 Å². The van der Waals surface area contributed by atoms with Gasteiger partial charge in [0.05, 0.1) is 26.4 Å². The van der Waals surface area contributed by atoms with Gasteiger partial charge in [-0.1, -0.05) is 42.2 Å². The molecule has 1 fully saturated rings. The lowest BCUT2D eigenvalue weighted by Crippen LogP contribution is -2.38. The summed E-state index contributed by atoms with van der Waals surface area (Å²) in [7, 11) is 1.68. The molecule has 2 aromatic rings. The Balaban J connectivity index is 1.88. The minimum Gasteiger partial charge on any atom is -0.497 e. The molecule has 0 bridgehead atoms. The molecule has 3 heteroatoms. The lowest BCUT2D eigenvalue weighted by molar-refractivity contribution is 0.0270. The summed E-state index contributed by atoms with van der Waals surface area (Å²) in [6, 6.07) is 18.4. The third-order valence-corrected chi connectivity index (χ3v) is 3.97. The lowest BCUT2D eigenvalue weighted by atomic mass is 10.0. The third-order valence-electron chi connectivity index (χ3n) is 3.97. The minimum atomic E-state index is 0.0741. The van der Waals surface area contributed by atoms with Gasteiger partial charge in [0, 0.05) is 18.7 Å². The average Bonchev–Trinajstić information content (AvgIpc) is 2.64. The normalized spacial score (nSPS) is 16.2. The van der Waals surface area contributed by atoms with E-state index in [9.17, 15) is 0 Å². The van der Waals surface area contributed by atoms with E-state index in [1.807, 2.05) is 42.5 Å². The van der Waals surface area contributed by atoms with Crippen molar-refractivity contribution in [1.82, 2.24) is 4.90 Å². The van der Waals surface area contributed by atoms with Gasteiger partial charge in [0.1, 0.15) is 5.75 Å². The maximum absolute atomic E-state index is 5.48. The maximum Gasteiger partial charge on any atom is 0.118 e. The van der Waals surface area contributed by atoms with Gasteiger partial charge in [0.25, 0.3) is 0 Å². The molecular formula is C20H21NO2. The number of hydrogen-bond donors (Lipinski definition) is 0. The van der Waals surface area contributed by atoms with E-state index in [1.54, 1.807) is 7.11 Å². The predicted molar refractivity (Wildman–Crippen MR) is 91.4 cm³/mol. The Morgan fingerprint density at radius 1 is 1.00 bits per heavy atom. The van der Waals surface area contributed by atoms with Crippen molar-refractivity contribution < 1.29 is 9.47 Å². The van der Waals surface area contributed by atoms with Crippen molar-refractivity contribution in [3.05, 3.63) is 65.7 Å². The Morgan fingerprint density at radius 3 is 2.35 bits per heavy atom. The van der Waals surface area contributed by atoms with Crippen molar-refractivity contribution in [2.45, 2.75) is 6.04 Å². The van der Waals surface area contributed by atoms with Crippen LogP contribution in [0.15, 0.2) is 54.6 Å². The van der Waals surface area contributed by atoms with Crippen LogP contribution in [-0.2, 0) is 4.74 Å². The number of benzene rings is 2. The Hall–Kier alpha value is -2.28. The van der Waals surface area contributed by atoms with Crippen LogP contribution in [0.5, 0.6) is 5.75 Å². The topological polar surface area (TPSA) is 21.7 Å². The van der Waals surface area contributed by atoms with Gasteiger partial charge >= 0.3 is 0 Å². The maximum atomic E-state index is 5.48. The van der Waals surface area contributed by atoms with Crippen LogP contribution in [-0.4, -0.2) is 38.3 Å². The van der Waals surface area contributed by atoms with E-state index in [0.29, 0.717) is 0 Å². The molecule has 0 radical (unpaired) electrons. The number of nitrogens with zero attached hydrogens (tertiary/aromatic N) is 1. The van der Waals surface area contributed by atoms with E-state index < -0.39 is 0 Å². The van der Waals surface area contributed by atoms with E-state index in [4.69, 9.17) is 9.47 Å². The zero-order chi connectivity index (χ0) is 15.9. The summed E-state index contributed by atoms with van der Waals surface area (Å²) in [5, 5.41) is 0. The van der Waals surface area contributed by atoms with Crippen LogP contribution in [0, 0.1) is 11.8 Å². The van der Waals surface area contributed by atoms with E-state index in [1.165, 1.54) is 5.56 Å². The first kappa shape index (κ1) is 15.6. The second-order valence-corrected chi connectivity index (χ2v) is 5.46. The number of ether oxygens (including phenoxy) is 2. The second kappa shape index (κ2) is 7.82. The van der Waals surface area contributed by atoms with Gasteiger partial charge in [-0.3, -0.25) is 4.90 Å². The summed E-state index contributed by atoms with van der Waals surface area (Å²) in [5.41, 5.74) is 2.23. The highest BCUT2D eigenvalue weighted by Gasteiger charge is 2.20. The monoisotopic (exact) mass is 307 g/mol. The summed E-state index contributed by atoms with van der Waals surface area (Å²) in [5.74, 6) is 7.61. The first-order chi connectivity index (χ1) is 11.4. The summed E-state index contributed by atoms with van der Waals surface area (Å²) in [4.78, 5) is 2.38. The van der Waals surface area contributed by atoms with Crippen LogP contribution in [0.1, 0.15) is 17.2 Å². The van der Waals surface area contributed by atoms with Gasteiger partial charge in [-0.2, -0.15) is 0 Å². The molecule has 3 nitrogen and oxygen atoms in total. The van der Waals surface area contributed by atoms with Gasteiger partial charge < -0.3 is 9.47 Å². The molecule has 0 unspecified atom stereocenters. The molecule has 2 aromatic carbocycles. The van der Waals surface area contributed by atoms with Gasteiger partial charge in [0.2, 0.25) is 0 Å². The van der Waals surface area contributed by atoms with Crippen LogP contribution in [0.4, 0.5) is 0 Å². The summed E-state index contributed by atoms with van der Waals surface area (Å²) in [6.07, 6.45) is 0. The molecule has 0 saturated carbocycles. The number of rotatable bonds is 3. The van der Waals surface area contributed by atoms with Crippen molar-refractivity contribution in [3.63, 3.8) is 0 Å². The zero-order valence-corrected chi connectivity index (χ0v) is 13.4. The van der Waals surface area contributed by atoms with Gasteiger partial charge in [-0.25, -0.2) is 0 Å². The Morgan fingerprint density at radius 2 is 1.70 bits per heavy atom. The molecule has 0 N–H and O–H groups in total. The highest BCUT2D eigenvalue weighted by Crippen LogP contribution is 2.23. The van der Waals surface area contributed by atoms with Crippen LogP contribution < -0.4 is 4.74 Å². The highest BCUT2D eigenvalue weighted by molar-refractivity contribution is 5.39. The Kier molecular flexibility index (Phi) is 5.31. The number of hydrogen-bond acceptors (Lipinski definition) is 3. The van der Waals surface area contributed by atoms with Crippen LogP contribution >= 0.6 is 0 Å². The molecule has 0 amide bonds. The molecule has 118 valence electrons. The summed E-state index contributed by atoms with van der Waals surface area (Å²) < 4.78 is 10.7. The van der Waals surface area contributed by atoms with E-state index in [-0.39, 0.29) is 6.04 Å². The first-order valence-electron chi connectivity index (χ1n) is 7.89. The van der Waals surface area contributed by atoms with Crippen molar-refractivity contribution >= 4 is 0 Å². The molecule has 1 atom stereocenters. The lowest BCUT2D eigenvalue weighted by Gasteiger charge is -2.31. The molecule has 0 spiro atoms. The fraction of sp³-hybridized carbons (Fsp3) is 0.300. The molecule has 1 saturated heterocycles. The standard InChI is InChI=1S/C20H21NO2/c1-22-19-10-8-18(9-11-19)20(21-13-15-23-16-14-21)12-7-17-5-3-2-4-6-17/h2-6,8-11,20H,13-16H2,1H3/t20-/m1/s1. The SMILES string of the molecule is COc1ccc([C@@H](C#Cc2ccccc2)N2CCOCC2)cc1. The quantitative estimate of drug-likeness (QED) is 0.813. The van der Waals surface area contributed by atoms with Crippen LogP contribution in [0.3, 0.4) is 0 Å². The first-order valence-corrected chi connectivity index (χ1v) is 7.89. The van der Waals surface area contributed by atoms with Crippen LogP contribution in [0.2, 0.25) is 0 Å². The predicted octanol–water partition coefficient (Wildman–Crippen LogP) is 3.12. The molecule has 0 aromatic heterocycles. The average molecular weight is 307 g/mol. The summed E-state index contributed by atoms with van der Waals surface area (Å²) >= 11 is 0. The second-order valence-electron chi connectivity index (χ2n) is 5.46. The van der Waals surface area contributed by atoms with Crippen molar-refractivity contribution in [3.8, 4) is 17.6 Å². The number of methoxy groups -OCH3 is 1. The third kappa shape index (κ3) is 4.13. The Bertz CT molecular complexity index is 664. The highest BCUT2D eigenvalue weighted by atomic mass is 16.5. The Labute approximate surface area is 137 Å². The molecule has 23 heavy (non-hydrogen) atoms. The fourth-order valence-electron chi connectivity index (χ4n) is 2.68. The molecule has 1 heterocycles. The van der Waals surface area contributed by atoms with Crippen LogP contribution in [0.25, 0.3) is 0 Å². The molecular weight excluding hydrogens is 286 g/mol. The van der Waals surface area contributed by atoms with Gasteiger partial charge in [-0.05, 0) is 29.8 Å². The molecule has 1 aliphatic rings. The largest absolute Gasteiger partial charge is 0.497 e. The zero-order valence-electron chi connectivity index (χ0n) is 13.4. The number of morpholine rings is 1. The van der Waals surface area contributed by atoms with E-state index >= 15 is 0 Å². The van der Waals surface area contributed by atoms with Crippen molar-refractivity contribution in [1.29, 1.82) is 0 Å². The molecule has 3 rings (SSSR count). The van der Waals surface area contributed by atoms with Crippen molar-refractivity contribution in [2.24, 2.45) is 0 Å². The fourth-order valence-corrected chi connectivity index (χ4v) is 2.68. The molecule has 1 aliphatic heterocycles. The molecule has 0 aliphatic carbocycles. The van der Waals surface area contributed by atoms with Gasteiger partial charge in [-0.15, -0.1) is 0 Å². The van der Waals surface area contributed by atoms with E-state index in [2.05, 4.69) is 28.9 Å². The van der Waals surface area contributed by atoms with Crippen molar-refractivity contribution in [2.75, 3.05) is 33.4 Å².